The van der Waals surface area contributed by atoms with Gasteiger partial charge in [0.2, 0.25) is 0 Å². The molecule has 1 aromatic carbocycles. The first-order chi connectivity index (χ1) is 7.92. The van der Waals surface area contributed by atoms with Gasteiger partial charge in [0.25, 0.3) is 0 Å². The normalized spacial score (nSPS) is 21.0. The first-order valence-corrected chi connectivity index (χ1v) is 7.29. The number of hydrogen-bond acceptors (Lipinski definition) is 2. The Balaban J connectivity index is 1.69. The van der Waals surface area contributed by atoms with Crippen molar-refractivity contribution in [1.82, 2.24) is 5.32 Å². The van der Waals surface area contributed by atoms with E-state index >= 15 is 0 Å². The van der Waals surface area contributed by atoms with Crippen LogP contribution in [0, 0.1) is 0 Å². The van der Waals surface area contributed by atoms with Crippen LogP contribution in [-0.2, 0) is 12.8 Å². The standard InChI is InChI=1S/C14H19NS/c1-2-11-4-5-14(10-12(11)3-1)16-13-6-8-15-9-7-13/h4-5,10,13,15H,1-3,6-9H2. The number of hydrogen-bond donors (Lipinski definition) is 1. The predicted molar refractivity (Wildman–Crippen MR) is 70.2 cm³/mol. The monoisotopic (exact) mass is 233 g/mol. The Morgan fingerprint density at radius 1 is 1.06 bits per heavy atom. The first kappa shape index (κ1) is 10.7. The molecule has 1 saturated heterocycles. The number of piperidine rings is 1. The van der Waals surface area contributed by atoms with E-state index in [2.05, 4.69) is 35.3 Å². The molecule has 1 N–H and O–H groups in total. The van der Waals surface area contributed by atoms with Gasteiger partial charge in [0.1, 0.15) is 0 Å². The minimum Gasteiger partial charge on any atom is -0.317 e. The van der Waals surface area contributed by atoms with E-state index in [9.17, 15) is 0 Å². The summed E-state index contributed by atoms with van der Waals surface area (Å²) in [5, 5.41) is 4.26. The summed E-state index contributed by atoms with van der Waals surface area (Å²) in [6, 6.07) is 7.12. The van der Waals surface area contributed by atoms with Gasteiger partial charge in [0.05, 0.1) is 0 Å². The smallest absolute Gasteiger partial charge is 0.0118 e. The number of rotatable bonds is 2. The predicted octanol–water partition coefficient (Wildman–Crippen LogP) is 3.02. The number of nitrogens with one attached hydrogen (secondary N) is 1. The highest BCUT2D eigenvalue weighted by Gasteiger charge is 2.16. The largest absolute Gasteiger partial charge is 0.317 e. The second-order valence-electron chi connectivity index (χ2n) is 4.85. The number of fused-ring (bicyclic) bond motifs is 1. The highest BCUT2D eigenvalue weighted by Crippen LogP contribution is 2.32. The Labute approximate surface area is 102 Å². The molecule has 1 heterocycles. The summed E-state index contributed by atoms with van der Waals surface area (Å²) < 4.78 is 0. The Hall–Kier alpha value is -0.470. The minimum atomic E-state index is 0.834. The molecular weight excluding hydrogens is 214 g/mol. The highest BCUT2D eigenvalue weighted by molar-refractivity contribution is 8.00. The molecule has 0 unspecified atom stereocenters. The Morgan fingerprint density at radius 2 is 1.88 bits per heavy atom. The van der Waals surface area contributed by atoms with Crippen LogP contribution in [0.3, 0.4) is 0 Å². The van der Waals surface area contributed by atoms with Crippen molar-refractivity contribution >= 4 is 11.8 Å². The molecule has 1 aromatic rings. The maximum absolute atomic E-state index is 3.43. The fourth-order valence-corrected chi connectivity index (χ4v) is 3.94. The Bertz CT molecular complexity index is 369. The van der Waals surface area contributed by atoms with Crippen LogP contribution in [0.25, 0.3) is 0 Å². The van der Waals surface area contributed by atoms with Crippen molar-refractivity contribution in [1.29, 1.82) is 0 Å². The van der Waals surface area contributed by atoms with Crippen molar-refractivity contribution in [3.05, 3.63) is 29.3 Å². The molecule has 86 valence electrons. The molecule has 1 aliphatic heterocycles. The Morgan fingerprint density at radius 3 is 2.75 bits per heavy atom. The average molecular weight is 233 g/mol. The van der Waals surface area contributed by atoms with E-state index in [4.69, 9.17) is 0 Å². The van der Waals surface area contributed by atoms with Gasteiger partial charge in [-0.05, 0) is 68.5 Å². The van der Waals surface area contributed by atoms with Crippen LogP contribution < -0.4 is 5.32 Å². The second kappa shape index (κ2) is 4.80. The topological polar surface area (TPSA) is 12.0 Å². The molecule has 0 aromatic heterocycles. The SMILES string of the molecule is c1cc2c(cc1SC1CCNCC1)CCC2. The van der Waals surface area contributed by atoms with Crippen molar-refractivity contribution < 1.29 is 0 Å². The van der Waals surface area contributed by atoms with E-state index in [1.807, 2.05) is 0 Å². The van der Waals surface area contributed by atoms with E-state index in [1.165, 1.54) is 50.1 Å². The van der Waals surface area contributed by atoms with Crippen LogP contribution in [0.15, 0.2) is 23.1 Å². The van der Waals surface area contributed by atoms with Gasteiger partial charge in [-0.15, -0.1) is 11.8 Å². The van der Waals surface area contributed by atoms with E-state index in [-0.39, 0.29) is 0 Å². The maximum Gasteiger partial charge on any atom is 0.0118 e. The van der Waals surface area contributed by atoms with Crippen LogP contribution in [0.4, 0.5) is 0 Å². The summed E-state index contributed by atoms with van der Waals surface area (Å²) in [7, 11) is 0. The van der Waals surface area contributed by atoms with E-state index in [1.54, 1.807) is 11.1 Å². The lowest BCUT2D eigenvalue weighted by atomic mass is 10.1. The molecule has 1 aliphatic carbocycles. The summed E-state index contributed by atoms with van der Waals surface area (Å²) in [5.74, 6) is 0. The maximum atomic E-state index is 3.43. The lowest BCUT2D eigenvalue weighted by molar-refractivity contribution is 0.531. The van der Waals surface area contributed by atoms with Crippen LogP contribution in [0.2, 0.25) is 0 Å². The van der Waals surface area contributed by atoms with Crippen molar-refractivity contribution in [2.45, 2.75) is 42.2 Å². The Kier molecular flexibility index (Phi) is 3.20. The molecule has 0 atom stereocenters. The molecule has 0 spiro atoms. The number of aryl methyl sites for hydroxylation is 2. The van der Waals surface area contributed by atoms with E-state index in [0.29, 0.717) is 0 Å². The van der Waals surface area contributed by atoms with Gasteiger partial charge in [0.15, 0.2) is 0 Å². The molecule has 2 aliphatic rings. The molecule has 1 nitrogen and oxygen atoms in total. The molecule has 0 amide bonds. The first-order valence-electron chi connectivity index (χ1n) is 6.41. The third-order valence-corrected chi connectivity index (χ3v) is 4.99. The van der Waals surface area contributed by atoms with Gasteiger partial charge in [0, 0.05) is 10.1 Å². The third-order valence-electron chi connectivity index (χ3n) is 3.66. The lowest BCUT2D eigenvalue weighted by Gasteiger charge is -2.22. The van der Waals surface area contributed by atoms with Crippen molar-refractivity contribution in [2.75, 3.05) is 13.1 Å². The van der Waals surface area contributed by atoms with Gasteiger partial charge in [-0.3, -0.25) is 0 Å². The zero-order valence-corrected chi connectivity index (χ0v) is 10.5. The molecule has 2 heteroatoms. The third kappa shape index (κ3) is 2.28. The van der Waals surface area contributed by atoms with Gasteiger partial charge >= 0.3 is 0 Å². The second-order valence-corrected chi connectivity index (χ2v) is 6.23. The van der Waals surface area contributed by atoms with Gasteiger partial charge in [-0.2, -0.15) is 0 Å². The quantitative estimate of drug-likeness (QED) is 0.842. The average Bonchev–Trinajstić information content (AvgIpc) is 2.77. The van der Waals surface area contributed by atoms with Crippen molar-refractivity contribution in [3.63, 3.8) is 0 Å². The van der Waals surface area contributed by atoms with Crippen molar-refractivity contribution in [2.24, 2.45) is 0 Å². The van der Waals surface area contributed by atoms with Crippen LogP contribution in [0.1, 0.15) is 30.4 Å². The van der Waals surface area contributed by atoms with Crippen LogP contribution in [-0.4, -0.2) is 18.3 Å². The van der Waals surface area contributed by atoms with E-state index in [0.717, 1.165) is 5.25 Å². The summed E-state index contributed by atoms with van der Waals surface area (Å²) in [5.41, 5.74) is 3.20. The lowest BCUT2D eigenvalue weighted by Crippen LogP contribution is -2.29. The number of benzene rings is 1. The van der Waals surface area contributed by atoms with Gasteiger partial charge < -0.3 is 5.32 Å². The molecule has 0 bridgehead atoms. The summed E-state index contributed by atoms with van der Waals surface area (Å²) in [4.78, 5) is 1.49. The highest BCUT2D eigenvalue weighted by atomic mass is 32.2. The van der Waals surface area contributed by atoms with Gasteiger partial charge in [-0.1, -0.05) is 6.07 Å². The zero-order chi connectivity index (χ0) is 10.8. The van der Waals surface area contributed by atoms with E-state index < -0.39 is 0 Å². The fraction of sp³-hybridized carbons (Fsp3) is 0.571. The molecule has 16 heavy (non-hydrogen) atoms. The van der Waals surface area contributed by atoms with Crippen LogP contribution >= 0.6 is 11.8 Å². The van der Waals surface area contributed by atoms with Crippen LogP contribution in [0.5, 0.6) is 0 Å². The van der Waals surface area contributed by atoms with Crippen molar-refractivity contribution in [3.8, 4) is 0 Å². The molecule has 0 saturated carbocycles. The summed E-state index contributed by atoms with van der Waals surface area (Å²) in [6.45, 7) is 2.39. The van der Waals surface area contributed by atoms with Gasteiger partial charge in [-0.25, -0.2) is 0 Å². The molecule has 1 fully saturated rings. The summed E-state index contributed by atoms with van der Waals surface area (Å²) >= 11 is 2.09. The molecule has 0 radical (unpaired) electrons. The minimum absolute atomic E-state index is 0.834. The number of thioether (sulfide) groups is 1. The summed E-state index contributed by atoms with van der Waals surface area (Å²) in [6.07, 6.45) is 6.60. The molecule has 3 rings (SSSR count). The zero-order valence-electron chi connectivity index (χ0n) is 9.67. The fourth-order valence-electron chi connectivity index (χ4n) is 2.73. The molecular formula is C14H19NS.